The molecule has 0 N–H and O–H groups in total. The van der Waals surface area contributed by atoms with E-state index in [1.807, 2.05) is 0 Å². The summed E-state index contributed by atoms with van der Waals surface area (Å²) in [6, 6.07) is 6.55. The quantitative estimate of drug-likeness (QED) is 0.758. The maximum Gasteiger partial charge on any atom is 0.167 e. The molecule has 0 amide bonds. The molecule has 2 unspecified atom stereocenters. The van der Waals surface area contributed by atoms with Crippen LogP contribution in [0.4, 0.5) is 0 Å². The Labute approximate surface area is 122 Å². The minimum absolute atomic E-state index is 0.282. The molecule has 1 aromatic rings. The number of carbonyl (C=O) groups excluding carboxylic acids is 1. The number of rotatable bonds is 2. The highest BCUT2D eigenvalue weighted by atomic mass is 16.1. The topological polar surface area (TPSA) is 17.1 Å². The van der Waals surface area contributed by atoms with Gasteiger partial charge in [-0.1, -0.05) is 49.1 Å². The first-order chi connectivity index (χ1) is 9.63. The molecule has 2 atom stereocenters. The van der Waals surface area contributed by atoms with Crippen LogP contribution in [0.2, 0.25) is 0 Å². The van der Waals surface area contributed by atoms with E-state index in [4.69, 9.17) is 0 Å². The predicted octanol–water partition coefficient (Wildman–Crippen LogP) is 4.72. The summed E-state index contributed by atoms with van der Waals surface area (Å²) in [7, 11) is 0. The molecular formula is C19H24O. The summed E-state index contributed by atoms with van der Waals surface area (Å²) in [4.78, 5) is 12.8. The smallest absolute Gasteiger partial charge is 0.167 e. The average Bonchev–Trinajstić information content (AvgIpc) is 2.72. The summed E-state index contributed by atoms with van der Waals surface area (Å²) in [6.45, 7) is 6.50. The van der Waals surface area contributed by atoms with Gasteiger partial charge in [0.15, 0.2) is 5.78 Å². The Bertz CT molecular complexity index is 579. The van der Waals surface area contributed by atoms with Crippen molar-refractivity contribution in [2.75, 3.05) is 0 Å². The highest BCUT2D eigenvalue weighted by Crippen LogP contribution is 2.47. The second-order valence-electron chi connectivity index (χ2n) is 6.43. The van der Waals surface area contributed by atoms with Gasteiger partial charge in [0.2, 0.25) is 0 Å². The molecular weight excluding hydrogens is 244 g/mol. The van der Waals surface area contributed by atoms with Crippen molar-refractivity contribution in [2.45, 2.75) is 52.9 Å². The van der Waals surface area contributed by atoms with Crippen molar-refractivity contribution in [3.63, 3.8) is 0 Å². The molecule has 2 aliphatic carbocycles. The summed E-state index contributed by atoms with van der Waals surface area (Å²) in [5, 5.41) is 0. The van der Waals surface area contributed by atoms with Gasteiger partial charge in [0, 0.05) is 11.5 Å². The van der Waals surface area contributed by atoms with Crippen LogP contribution >= 0.6 is 0 Å². The van der Waals surface area contributed by atoms with Crippen molar-refractivity contribution in [3.8, 4) is 0 Å². The Morgan fingerprint density at radius 3 is 2.45 bits per heavy atom. The Morgan fingerprint density at radius 2 is 1.80 bits per heavy atom. The van der Waals surface area contributed by atoms with Gasteiger partial charge in [-0.25, -0.2) is 0 Å². The fourth-order valence-electron chi connectivity index (χ4n) is 4.13. The van der Waals surface area contributed by atoms with Crippen LogP contribution in [0.3, 0.4) is 0 Å². The Morgan fingerprint density at radius 1 is 1.10 bits per heavy atom. The molecule has 0 radical (unpaired) electrons. The van der Waals surface area contributed by atoms with E-state index in [0.29, 0.717) is 11.7 Å². The van der Waals surface area contributed by atoms with E-state index >= 15 is 0 Å². The molecule has 1 nitrogen and oxygen atoms in total. The number of Topliss-reactive ketones (excluding diaryl/α,β-unsaturated/α-hetero) is 1. The average molecular weight is 268 g/mol. The zero-order valence-electron chi connectivity index (χ0n) is 12.8. The molecule has 1 saturated carbocycles. The van der Waals surface area contributed by atoms with Crippen LogP contribution in [0.15, 0.2) is 23.8 Å². The van der Waals surface area contributed by atoms with Gasteiger partial charge in [-0.3, -0.25) is 4.79 Å². The van der Waals surface area contributed by atoms with Crippen LogP contribution in [0.5, 0.6) is 0 Å². The number of benzene rings is 1. The van der Waals surface area contributed by atoms with Crippen molar-refractivity contribution in [1.82, 2.24) is 0 Å². The number of allylic oxidation sites excluding steroid dienone is 2. The van der Waals surface area contributed by atoms with Gasteiger partial charge >= 0.3 is 0 Å². The number of carbonyl (C=O) groups is 1. The summed E-state index contributed by atoms with van der Waals surface area (Å²) in [5.41, 5.74) is 6.23. The molecule has 0 heterocycles. The summed E-state index contributed by atoms with van der Waals surface area (Å²) >= 11 is 0. The van der Waals surface area contributed by atoms with Gasteiger partial charge in [-0.2, -0.15) is 0 Å². The molecule has 2 aliphatic rings. The van der Waals surface area contributed by atoms with Gasteiger partial charge in [0.25, 0.3) is 0 Å². The van der Waals surface area contributed by atoms with E-state index < -0.39 is 0 Å². The number of ketones is 1. The number of fused-ring (bicyclic) bond motifs is 1. The van der Waals surface area contributed by atoms with E-state index in [-0.39, 0.29) is 5.92 Å². The third-order valence-corrected chi connectivity index (χ3v) is 5.21. The maximum absolute atomic E-state index is 12.8. The highest BCUT2D eigenvalue weighted by molar-refractivity contribution is 6.25. The molecule has 0 aromatic heterocycles. The van der Waals surface area contributed by atoms with Crippen LogP contribution < -0.4 is 0 Å². The van der Waals surface area contributed by atoms with E-state index in [9.17, 15) is 4.79 Å². The number of hydrogen-bond donors (Lipinski definition) is 0. The first-order valence-corrected chi connectivity index (χ1v) is 7.98. The van der Waals surface area contributed by atoms with Crippen LogP contribution in [-0.2, 0) is 11.2 Å². The first-order valence-electron chi connectivity index (χ1n) is 7.98. The fraction of sp³-hybridized carbons (Fsp3) is 0.526. The number of aryl methyl sites for hydroxylation is 2. The molecule has 20 heavy (non-hydrogen) atoms. The molecule has 1 fully saturated rings. The minimum atomic E-state index is 0.282. The Hall–Kier alpha value is -1.37. The molecule has 0 aliphatic heterocycles. The molecule has 106 valence electrons. The maximum atomic E-state index is 12.8. The van der Waals surface area contributed by atoms with E-state index in [0.717, 1.165) is 18.4 Å². The van der Waals surface area contributed by atoms with Crippen molar-refractivity contribution in [3.05, 3.63) is 40.5 Å². The normalized spacial score (nSPS) is 26.1. The zero-order valence-corrected chi connectivity index (χ0v) is 12.8. The SMILES string of the molecule is CCc1cc(C)ccc1C1=C(C)C2CCCCC2C1=O. The lowest BCUT2D eigenvalue weighted by atomic mass is 9.79. The minimum Gasteiger partial charge on any atom is -0.294 e. The molecule has 1 aromatic carbocycles. The zero-order chi connectivity index (χ0) is 14.3. The predicted molar refractivity (Wildman–Crippen MR) is 83.6 cm³/mol. The first kappa shape index (κ1) is 13.6. The molecule has 1 heteroatoms. The van der Waals surface area contributed by atoms with Crippen molar-refractivity contribution < 1.29 is 4.79 Å². The van der Waals surface area contributed by atoms with Crippen LogP contribution in [-0.4, -0.2) is 5.78 Å². The summed E-state index contributed by atoms with van der Waals surface area (Å²) < 4.78 is 0. The standard InChI is InChI=1S/C19H24O/c1-4-14-11-12(2)9-10-16(14)18-13(3)15-7-5-6-8-17(15)19(18)20/h9-11,15,17H,4-8H2,1-3H3. The largest absolute Gasteiger partial charge is 0.294 e. The Balaban J connectivity index is 2.09. The Kier molecular flexibility index (Phi) is 3.54. The van der Waals surface area contributed by atoms with Gasteiger partial charge in [-0.05, 0) is 50.2 Å². The lowest BCUT2D eigenvalue weighted by molar-refractivity contribution is -0.118. The van der Waals surface area contributed by atoms with Crippen LogP contribution in [0, 0.1) is 18.8 Å². The van der Waals surface area contributed by atoms with Crippen LogP contribution in [0.1, 0.15) is 56.2 Å². The van der Waals surface area contributed by atoms with Gasteiger partial charge in [-0.15, -0.1) is 0 Å². The van der Waals surface area contributed by atoms with Crippen molar-refractivity contribution in [1.29, 1.82) is 0 Å². The third kappa shape index (κ3) is 2.04. The molecule has 0 spiro atoms. The molecule has 0 bridgehead atoms. The van der Waals surface area contributed by atoms with Crippen LogP contribution in [0.25, 0.3) is 5.57 Å². The fourth-order valence-corrected chi connectivity index (χ4v) is 4.13. The number of hydrogen-bond acceptors (Lipinski definition) is 1. The van der Waals surface area contributed by atoms with E-state index in [1.165, 1.54) is 41.5 Å². The monoisotopic (exact) mass is 268 g/mol. The third-order valence-electron chi connectivity index (χ3n) is 5.21. The van der Waals surface area contributed by atoms with Gasteiger partial charge in [0.05, 0.1) is 0 Å². The highest BCUT2D eigenvalue weighted by Gasteiger charge is 2.41. The van der Waals surface area contributed by atoms with Crippen molar-refractivity contribution >= 4 is 11.4 Å². The van der Waals surface area contributed by atoms with Gasteiger partial charge < -0.3 is 0 Å². The summed E-state index contributed by atoms with van der Waals surface area (Å²) in [6.07, 6.45) is 5.81. The van der Waals surface area contributed by atoms with E-state index in [1.54, 1.807) is 0 Å². The molecule has 0 saturated heterocycles. The lowest BCUT2D eigenvalue weighted by Crippen LogP contribution is -2.21. The second kappa shape index (κ2) is 5.20. The van der Waals surface area contributed by atoms with E-state index in [2.05, 4.69) is 39.0 Å². The lowest BCUT2D eigenvalue weighted by Gasteiger charge is -2.25. The van der Waals surface area contributed by atoms with Gasteiger partial charge in [0.1, 0.15) is 0 Å². The van der Waals surface area contributed by atoms with Crippen molar-refractivity contribution in [2.24, 2.45) is 11.8 Å². The summed E-state index contributed by atoms with van der Waals surface area (Å²) in [5.74, 6) is 1.23. The molecule has 3 rings (SSSR count). The second-order valence-corrected chi connectivity index (χ2v) is 6.43.